The van der Waals surface area contributed by atoms with Gasteiger partial charge in [-0.15, -0.1) is 11.3 Å². The Hall–Kier alpha value is -0.970. The predicted octanol–water partition coefficient (Wildman–Crippen LogP) is 3.99. The number of rotatable bonds is 3. The second kappa shape index (κ2) is 5.12. The lowest BCUT2D eigenvalue weighted by atomic mass is 10.0. The minimum absolute atomic E-state index is 0.0218. The minimum atomic E-state index is -0.561. The largest absolute Gasteiger partial charge is 0.308 e. The summed E-state index contributed by atoms with van der Waals surface area (Å²) in [6.07, 6.45) is 0. The van der Waals surface area contributed by atoms with Gasteiger partial charge in [-0.2, -0.15) is 0 Å². The second-order valence-electron chi connectivity index (χ2n) is 3.50. The summed E-state index contributed by atoms with van der Waals surface area (Å²) in [6.45, 7) is 0. The molecule has 0 saturated carbocycles. The molecule has 0 saturated heterocycles. The maximum absolute atomic E-state index is 13.7. The molecule has 1 nitrogen and oxygen atoms in total. The summed E-state index contributed by atoms with van der Waals surface area (Å²) in [5.74, 6) is -1.12. The van der Waals surface area contributed by atoms with Crippen LogP contribution in [0, 0.1) is 11.6 Å². The molecule has 0 aliphatic heterocycles. The molecule has 5 heteroatoms. The maximum atomic E-state index is 13.7. The molecule has 1 N–H and O–H groups in total. The van der Waals surface area contributed by atoms with E-state index in [2.05, 4.69) is 5.32 Å². The van der Waals surface area contributed by atoms with Crippen molar-refractivity contribution >= 4 is 22.9 Å². The molecule has 0 radical (unpaired) electrons. The fourth-order valence-corrected chi connectivity index (χ4v) is 2.88. The molecular weight excluding hydrogens is 264 g/mol. The third-order valence-electron chi connectivity index (χ3n) is 2.46. The third kappa shape index (κ3) is 2.49. The summed E-state index contributed by atoms with van der Waals surface area (Å²) >= 11 is 7.13. The van der Waals surface area contributed by atoms with Crippen molar-refractivity contribution in [3.8, 4) is 0 Å². The van der Waals surface area contributed by atoms with Gasteiger partial charge in [0.05, 0.1) is 10.4 Å². The number of halogens is 3. The summed E-state index contributed by atoms with van der Waals surface area (Å²) < 4.78 is 27.9. The highest BCUT2D eigenvalue weighted by molar-refractivity contribution is 7.16. The molecule has 17 heavy (non-hydrogen) atoms. The van der Waals surface area contributed by atoms with Crippen LogP contribution in [0.2, 0.25) is 4.34 Å². The second-order valence-corrected chi connectivity index (χ2v) is 5.25. The average molecular weight is 274 g/mol. The highest BCUT2D eigenvalue weighted by Gasteiger charge is 2.21. The summed E-state index contributed by atoms with van der Waals surface area (Å²) in [5.41, 5.74) is 0.0218. The van der Waals surface area contributed by atoms with Gasteiger partial charge in [0.1, 0.15) is 11.6 Å². The van der Waals surface area contributed by atoms with Crippen molar-refractivity contribution in [2.24, 2.45) is 0 Å². The fourth-order valence-electron chi connectivity index (χ4n) is 1.70. The van der Waals surface area contributed by atoms with Gasteiger partial charge in [0.15, 0.2) is 0 Å². The van der Waals surface area contributed by atoms with E-state index in [9.17, 15) is 8.78 Å². The van der Waals surface area contributed by atoms with Crippen molar-refractivity contribution in [2.75, 3.05) is 7.05 Å². The van der Waals surface area contributed by atoms with E-state index in [-0.39, 0.29) is 5.56 Å². The molecule has 90 valence electrons. The van der Waals surface area contributed by atoms with Crippen LogP contribution < -0.4 is 5.32 Å². The molecule has 1 aromatic carbocycles. The van der Waals surface area contributed by atoms with Crippen molar-refractivity contribution in [1.29, 1.82) is 0 Å². The summed E-state index contributed by atoms with van der Waals surface area (Å²) in [7, 11) is 1.66. The van der Waals surface area contributed by atoms with E-state index >= 15 is 0 Å². The van der Waals surface area contributed by atoms with Crippen LogP contribution >= 0.6 is 22.9 Å². The minimum Gasteiger partial charge on any atom is -0.308 e. The van der Waals surface area contributed by atoms with Crippen LogP contribution in [0.4, 0.5) is 8.78 Å². The molecule has 1 aromatic heterocycles. The van der Waals surface area contributed by atoms with Gasteiger partial charge in [0.2, 0.25) is 0 Å². The van der Waals surface area contributed by atoms with Crippen molar-refractivity contribution in [3.05, 3.63) is 56.7 Å². The molecule has 0 bridgehead atoms. The van der Waals surface area contributed by atoms with Gasteiger partial charge in [-0.25, -0.2) is 8.78 Å². The zero-order valence-corrected chi connectivity index (χ0v) is 10.6. The fraction of sp³-hybridized carbons (Fsp3) is 0.167. The maximum Gasteiger partial charge on any atom is 0.131 e. The van der Waals surface area contributed by atoms with Crippen LogP contribution in [-0.4, -0.2) is 7.05 Å². The van der Waals surface area contributed by atoms with Crippen LogP contribution in [-0.2, 0) is 0 Å². The first kappa shape index (κ1) is 12.5. The zero-order chi connectivity index (χ0) is 12.4. The quantitative estimate of drug-likeness (QED) is 0.892. The highest BCUT2D eigenvalue weighted by Crippen LogP contribution is 2.33. The van der Waals surface area contributed by atoms with E-state index in [1.165, 1.54) is 29.5 Å². The number of thiophene rings is 1. The van der Waals surface area contributed by atoms with Crippen LogP contribution in [0.3, 0.4) is 0 Å². The van der Waals surface area contributed by atoms with Gasteiger partial charge < -0.3 is 5.32 Å². The smallest absolute Gasteiger partial charge is 0.131 e. The van der Waals surface area contributed by atoms with E-state index in [4.69, 9.17) is 11.6 Å². The van der Waals surface area contributed by atoms with Crippen LogP contribution in [0.25, 0.3) is 0 Å². The Labute approximate surface area is 107 Å². The summed E-state index contributed by atoms with van der Waals surface area (Å²) in [5, 5.41) is 2.90. The van der Waals surface area contributed by atoms with Crippen LogP contribution in [0.15, 0.2) is 30.3 Å². The number of benzene rings is 1. The molecule has 1 atom stereocenters. The van der Waals surface area contributed by atoms with Crippen molar-refractivity contribution in [1.82, 2.24) is 5.32 Å². The first-order chi connectivity index (χ1) is 8.13. The van der Waals surface area contributed by atoms with Gasteiger partial charge in [-0.1, -0.05) is 17.7 Å². The lowest BCUT2D eigenvalue weighted by Gasteiger charge is -2.16. The van der Waals surface area contributed by atoms with Gasteiger partial charge in [0, 0.05) is 10.4 Å². The van der Waals surface area contributed by atoms with E-state index in [1.54, 1.807) is 19.2 Å². The Morgan fingerprint density at radius 1 is 1.18 bits per heavy atom. The van der Waals surface area contributed by atoms with Gasteiger partial charge in [-0.3, -0.25) is 0 Å². The lowest BCUT2D eigenvalue weighted by molar-refractivity contribution is 0.524. The standard InChI is InChI=1S/C12H10ClF2NS/c1-16-12(9-5-6-10(13)17-9)11-7(14)3-2-4-8(11)15/h2-6,12,16H,1H3. The Morgan fingerprint density at radius 2 is 1.82 bits per heavy atom. The molecule has 1 unspecified atom stereocenters. The molecule has 2 aromatic rings. The first-order valence-corrected chi connectivity index (χ1v) is 6.19. The predicted molar refractivity (Wildman–Crippen MR) is 66.6 cm³/mol. The van der Waals surface area contributed by atoms with E-state index in [0.717, 1.165) is 4.88 Å². The molecule has 0 aliphatic rings. The Balaban J connectivity index is 2.49. The summed E-state index contributed by atoms with van der Waals surface area (Å²) in [6, 6.07) is 6.80. The zero-order valence-electron chi connectivity index (χ0n) is 9.01. The molecule has 1 heterocycles. The van der Waals surface area contributed by atoms with Crippen molar-refractivity contribution in [2.45, 2.75) is 6.04 Å². The average Bonchev–Trinajstić information content (AvgIpc) is 2.70. The van der Waals surface area contributed by atoms with Crippen LogP contribution in [0.1, 0.15) is 16.5 Å². The van der Waals surface area contributed by atoms with E-state index in [0.29, 0.717) is 4.34 Å². The van der Waals surface area contributed by atoms with Crippen LogP contribution in [0.5, 0.6) is 0 Å². The number of hydrogen-bond acceptors (Lipinski definition) is 2. The number of hydrogen-bond donors (Lipinski definition) is 1. The van der Waals surface area contributed by atoms with Gasteiger partial charge in [-0.05, 0) is 31.3 Å². The van der Waals surface area contributed by atoms with Crippen molar-refractivity contribution < 1.29 is 8.78 Å². The molecule has 0 fully saturated rings. The van der Waals surface area contributed by atoms with Gasteiger partial charge >= 0.3 is 0 Å². The topological polar surface area (TPSA) is 12.0 Å². The highest BCUT2D eigenvalue weighted by atomic mass is 35.5. The Bertz CT molecular complexity index is 507. The van der Waals surface area contributed by atoms with Crippen molar-refractivity contribution in [3.63, 3.8) is 0 Å². The molecular formula is C12H10ClF2NS. The first-order valence-electron chi connectivity index (χ1n) is 5.00. The SMILES string of the molecule is CNC(c1ccc(Cl)s1)c1c(F)cccc1F. The molecule has 2 rings (SSSR count). The molecule has 0 amide bonds. The van der Waals surface area contributed by atoms with E-state index < -0.39 is 17.7 Å². The van der Waals surface area contributed by atoms with Gasteiger partial charge in [0.25, 0.3) is 0 Å². The summed E-state index contributed by atoms with van der Waals surface area (Å²) in [4.78, 5) is 0.779. The molecule has 0 spiro atoms. The lowest BCUT2D eigenvalue weighted by Crippen LogP contribution is -2.19. The molecule has 0 aliphatic carbocycles. The monoisotopic (exact) mass is 273 g/mol. The number of nitrogens with one attached hydrogen (secondary N) is 1. The Morgan fingerprint density at radius 3 is 2.29 bits per heavy atom. The Kier molecular flexibility index (Phi) is 3.76. The third-order valence-corrected chi connectivity index (χ3v) is 3.75. The van der Waals surface area contributed by atoms with E-state index in [1.807, 2.05) is 0 Å². The normalized spacial score (nSPS) is 12.7.